The van der Waals surface area contributed by atoms with E-state index in [1.807, 2.05) is 42.5 Å². The van der Waals surface area contributed by atoms with Crippen molar-refractivity contribution in [2.75, 3.05) is 11.0 Å². The van der Waals surface area contributed by atoms with Crippen molar-refractivity contribution < 1.29 is 15.0 Å². The number of carbonyl (C=O) groups is 1. The first kappa shape index (κ1) is 18.6. The van der Waals surface area contributed by atoms with Crippen LogP contribution in [0.15, 0.2) is 54.6 Å². The van der Waals surface area contributed by atoms with Gasteiger partial charge in [0.2, 0.25) is 0 Å². The molecule has 0 spiro atoms. The highest BCUT2D eigenvalue weighted by Crippen LogP contribution is 2.18. The molecular weight excluding hydrogens is 391 g/mol. The fourth-order valence-corrected chi connectivity index (χ4v) is 2.36. The Morgan fingerprint density at radius 1 is 0.864 bits per heavy atom. The van der Waals surface area contributed by atoms with Gasteiger partial charge < -0.3 is 10.2 Å². The van der Waals surface area contributed by atoms with Gasteiger partial charge in [-0.15, -0.1) is 0 Å². The minimum Gasteiger partial charge on any atom is -0.478 e. The summed E-state index contributed by atoms with van der Waals surface area (Å²) in [7, 11) is 0. The fourth-order valence-electron chi connectivity index (χ4n) is 1.82. The summed E-state index contributed by atoms with van der Waals surface area (Å²) >= 11 is 2.35. The van der Waals surface area contributed by atoms with Crippen LogP contribution in [0.4, 0.5) is 0 Å². The van der Waals surface area contributed by atoms with Gasteiger partial charge in [0.05, 0.1) is 5.56 Å². The Morgan fingerprint density at radius 2 is 1.45 bits per heavy atom. The normalized spacial score (nSPS) is 9.73. The monoisotopic (exact) mass is 412 g/mol. The third-order valence-electron chi connectivity index (χ3n) is 3.03. The third-order valence-corrected chi connectivity index (χ3v) is 3.79. The van der Waals surface area contributed by atoms with Crippen molar-refractivity contribution in [2.24, 2.45) is 0 Å². The van der Waals surface area contributed by atoms with Crippen molar-refractivity contribution in [1.29, 1.82) is 0 Å². The summed E-state index contributed by atoms with van der Waals surface area (Å²) in [4.78, 5) is 10.6. The molecule has 2 N–H and O–H groups in total. The van der Waals surface area contributed by atoms with Crippen molar-refractivity contribution in [3.63, 3.8) is 0 Å². The number of benzene rings is 2. The van der Waals surface area contributed by atoms with Gasteiger partial charge in [-0.05, 0) is 40.5 Å². The molecular formula is C18H21IO3. The summed E-state index contributed by atoms with van der Waals surface area (Å²) in [6, 6.07) is 16.7. The molecule has 0 fully saturated rings. The first-order valence-electron chi connectivity index (χ1n) is 7.24. The van der Waals surface area contributed by atoms with Crippen molar-refractivity contribution in [3.8, 4) is 11.1 Å². The number of hydrogen-bond donors (Lipinski definition) is 2. The average Bonchev–Trinajstić information content (AvgIpc) is 2.57. The molecule has 2 rings (SSSR count). The standard InChI is InChI=1S/C13H10O2.C5H11IO/c14-13(15)12-8-6-11(7-9-12)10-4-2-1-3-5-10;6-4-2-1-3-5-7/h1-9H,(H,14,15);7H,1-5H2. The van der Waals surface area contributed by atoms with E-state index in [0.29, 0.717) is 12.2 Å². The lowest BCUT2D eigenvalue weighted by Crippen LogP contribution is -1.94. The SMILES string of the molecule is O=C(O)c1ccc(-c2ccccc2)cc1.OCCCCCI. The molecule has 2 aromatic rings. The summed E-state index contributed by atoms with van der Waals surface area (Å²) in [5, 5.41) is 17.0. The molecule has 0 aliphatic heterocycles. The number of carboxylic acid groups (broad SMARTS) is 1. The second-order valence-electron chi connectivity index (χ2n) is 4.72. The van der Waals surface area contributed by atoms with E-state index in [1.165, 1.54) is 17.3 Å². The molecule has 0 heterocycles. The molecule has 0 saturated carbocycles. The van der Waals surface area contributed by atoms with E-state index < -0.39 is 5.97 Å². The van der Waals surface area contributed by atoms with Crippen LogP contribution in [-0.2, 0) is 0 Å². The number of aliphatic hydroxyl groups is 1. The molecule has 0 unspecified atom stereocenters. The van der Waals surface area contributed by atoms with E-state index in [4.69, 9.17) is 10.2 Å². The summed E-state index contributed by atoms with van der Waals surface area (Å²) in [6.07, 6.45) is 3.41. The van der Waals surface area contributed by atoms with Gasteiger partial charge in [0, 0.05) is 6.61 Å². The number of aromatic carboxylic acids is 1. The molecule has 4 heteroatoms. The van der Waals surface area contributed by atoms with Gasteiger partial charge in [0.25, 0.3) is 0 Å². The zero-order chi connectivity index (χ0) is 16.2. The minimum atomic E-state index is -0.894. The topological polar surface area (TPSA) is 57.5 Å². The van der Waals surface area contributed by atoms with Crippen LogP contribution in [-0.4, -0.2) is 27.2 Å². The number of unbranched alkanes of at least 4 members (excludes halogenated alkanes) is 2. The Kier molecular flexibility index (Phi) is 9.50. The van der Waals surface area contributed by atoms with Gasteiger partial charge in [-0.25, -0.2) is 4.79 Å². The molecule has 0 saturated heterocycles. The van der Waals surface area contributed by atoms with Crippen LogP contribution in [0, 0.1) is 0 Å². The van der Waals surface area contributed by atoms with Gasteiger partial charge >= 0.3 is 5.97 Å². The van der Waals surface area contributed by atoms with E-state index in [-0.39, 0.29) is 0 Å². The van der Waals surface area contributed by atoms with Gasteiger partial charge in [-0.3, -0.25) is 0 Å². The number of halogens is 1. The smallest absolute Gasteiger partial charge is 0.335 e. The van der Waals surface area contributed by atoms with E-state index in [9.17, 15) is 4.79 Å². The van der Waals surface area contributed by atoms with E-state index in [2.05, 4.69) is 22.6 Å². The van der Waals surface area contributed by atoms with E-state index in [1.54, 1.807) is 12.1 Å². The molecule has 0 aliphatic rings. The zero-order valence-electron chi connectivity index (χ0n) is 12.4. The maximum Gasteiger partial charge on any atom is 0.335 e. The number of hydrogen-bond acceptors (Lipinski definition) is 2. The Bertz CT molecular complexity index is 534. The van der Waals surface area contributed by atoms with Gasteiger partial charge in [0.15, 0.2) is 0 Å². The zero-order valence-corrected chi connectivity index (χ0v) is 14.6. The molecule has 2 aromatic carbocycles. The second kappa shape index (κ2) is 11.2. The highest BCUT2D eigenvalue weighted by atomic mass is 127. The summed E-state index contributed by atoms with van der Waals surface area (Å²) in [5.41, 5.74) is 2.43. The maximum absolute atomic E-state index is 10.6. The number of rotatable bonds is 6. The van der Waals surface area contributed by atoms with Crippen molar-refractivity contribution in [2.45, 2.75) is 19.3 Å². The molecule has 0 amide bonds. The van der Waals surface area contributed by atoms with E-state index >= 15 is 0 Å². The lowest BCUT2D eigenvalue weighted by atomic mass is 10.0. The number of carboxylic acids is 1. The van der Waals surface area contributed by atoms with Gasteiger partial charge in [-0.2, -0.15) is 0 Å². The average molecular weight is 412 g/mol. The van der Waals surface area contributed by atoms with E-state index in [0.717, 1.165) is 17.5 Å². The number of alkyl halides is 1. The summed E-state index contributed by atoms with van der Waals surface area (Å²) < 4.78 is 1.22. The van der Waals surface area contributed by atoms with Crippen LogP contribution in [0.2, 0.25) is 0 Å². The Hall–Kier alpha value is -1.40. The predicted octanol–water partition coefficient (Wildman–Crippen LogP) is 4.64. The largest absolute Gasteiger partial charge is 0.478 e. The lowest BCUT2D eigenvalue weighted by molar-refractivity contribution is 0.0697. The van der Waals surface area contributed by atoms with Crippen LogP contribution < -0.4 is 0 Å². The quantitative estimate of drug-likeness (QED) is 0.413. The maximum atomic E-state index is 10.6. The molecule has 0 atom stereocenters. The molecule has 0 radical (unpaired) electrons. The summed E-state index contributed by atoms with van der Waals surface area (Å²) in [5.74, 6) is -0.894. The fraction of sp³-hybridized carbons (Fsp3) is 0.278. The third kappa shape index (κ3) is 7.04. The van der Waals surface area contributed by atoms with Crippen molar-refractivity contribution >= 4 is 28.6 Å². The Morgan fingerprint density at radius 3 is 1.95 bits per heavy atom. The van der Waals surface area contributed by atoms with Gasteiger partial charge in [-0.1, -0.05) is 71.5 Å². The Labute approximate surface area is 145 Å². The van der Waals surface area contributed by atoms with Crippen LogP contribution >= 0.6 is 22.6 Å². The summed E-state index contributed by atoms with van der Waals surface area (Å²) in [6.45, 7) is 0.358. The first-order chi connectivity index (χ1) is 10.7. The van der Waals surface area contributed by atoms with Crippen molar-refractivity contribution in [3.05, 3.63) is 60.2 Å². The lowest BCUT2D eigenvalue weighted by Gasteiger charge is -2.01. The van der Waals surface area contributed by atoms with Crippen LogP contribution in [0.3, 0.4) is 0 Å². The minimum absolute atomic E-state index is 0.315. The molecule has 3 nitrogen and oxygen atoms in total. The molecule has 0 aromatic heterocycles. The highest BCUT2D eigenvalue weighted by molar-refractivity contribution is 14.1. The highest BCUT2D eigenvalue weighted by Gasteiger charge is 2.02. The second-order valence-corrected chi connectivity index (χ2v) is 5.80. The van der Waals surface area contributed by atoms with Crippen LogP contribution in [0.5, 0.6) is 0 Å². The van der Waals surface area contributed by atoms with Crippen LogP contribution in [0.25, 0.3) is 11.1 Å². The van der Waals surface area contributed by atoms with Crippen molar-refractivity contribution in [1.82, 2.24) is 0 Å². The Balaban J connectivity index is 0.000000295. The van der Waals surface area contributed by atoms with Gasteiger partial charge in [0.1, 0.15) is 0 Å². The van der Waals surface area contributed by atoms with Crippen LogP contribution in [0.1, 0.15) is 29.6 Å². The molecule has 0 bridgehead atoms. The molecule has 118 valence electrons. The first-order valence-corrected chi connectivity index (χ1v) is 8.77. The molecule has 22 heavy (non-hydrogen) atoms. The molecule has 0 aliphatic carbocycles. The number of aliphatic hydroxyl groups excluding tert-OH is 1. The predicted molar refractivity (Wildman–Crippen MR) is 98.7 cm³/mol.